The molecule has 37 heavy (non-hydrogen) atoms. The number of piperazine rings is 1. The third kappa shape index (κ3) is 4.28. The first-order valence-corrected chi connectivity index (χ1v) is 12.3. The van der Waals surface area contributed by atoms with Gasteiger partial charge in [-0.15, -0.1) is 4.68 Å². The van der Waals surface area contributed by atoms with E-state index in [2.05, 4.69) is 19.9 Å². The molecule has 1 aliphatic heterocycles. The van der Waals surface area contributed by atoms with E-state index in [1.807, 2.05) is 47.3 Å². The minimum Gasteiger partial charge on any atom is -0.508 e. The molecule has 1 aliphatic rings. The molecular weight excluding hydrogens is 472 g/mol. The number of benzene rings is 2. The molecule has 0 atom stereocenters. The zero-order valence-corrected chi connectivity index (χ0v) is 20.4. The van der Waals surface area contributed by atoms with E-state index in [9.17, 15) is 9.90 Å². The van der Waals surface area contributed by atoms with Gasteiger partial charge in [0.25, 0.3) is 0 Å². The Hall–Kier alpha value is -4.67. The number of aromatic hydroxyl groups is 1. The fourth-order valence-electron chi connectivity index (χ4n) is 4.73. The molecule has 0 spiro atoms. The number of aromatic amines is 1. The maximum Gasteiger partial charge on any atom is 0.379 e. The number of imidazole rings is 1. The number of anilines is 2. The lowest BCUT2D eigenvalue weighted by Crippen LogP contribution is -2.47. The highest BCUT2D eigenvalue weighted by Crippen LogP contribution is 2.24. The number of phenols is 1. The van der Waals surface area contributed by atoms with Crippen LogP contribution in [0.4, 0.5) is 11.6 Å². The molecule has 6 rings (SSSR count). The zero-order valence-electron chi connectivity index (χ0n) is 20.4. The van der Waals surface area contributed by atoms with Crippen LogP contribution in [0.2, 0.25) is 0 Å². The van der Waals surface area contributed by atoms with Crippen LogP contribution >= 0.6 is 0 Å². The van der Waals surface area contributed by atoms with E-state index in [4.69, 9.17) is 14.7 Å². The highest BCUT2D eigenvalue weighted by molar-refractivity contribution is 5.82. The molecule has 1 fully saturated rings. The first-order chi connectivity index (χ1) is 18.1. The van der Waals surface area contributed by atoms with Crippen LogP contribution in [-0.4, -0.2) is 68.5 Å². The highest BCUT2D eigenvalue weighted by Gasteiger charge is 2.30. The van der Waals surface area contributed by atoms with Crippen molar-refractivity contribution in [3.63, 3.8) is 0 Å². The van der Waals surface area contributed by atoms with Crippen LogP contribution in [0.25, 0.3) is 27.9 Å². The maximum atomic E-state index is 12.3. The van der Waals surface area contributed by atoms with Gasteiger partial charge in [-0.25, -0.2) is 10.1 Å². The van der Waals surface area contributed by atoms with E-state index in [-0.39, 0.29) is 18.3 Å². The van der Waals surface area contributed by atoms with Gasteiger partial charge >= 0.3 is 17.7 Å². The third-order valence-electron chi connectivity index (χ3n) is 6.56. The standard InChI is InChI=1S/C26H26N8O3/c1-2-37-22(36)16-33-17-27-24-23(33)25(34-21-6-4-3-5-18(21)15-28-34)30-26(29-24)32-13-11-31(12-14-32)19-7-9-20(35)10-8-19/h3-10,15,17,35H,2,11-14,16H2,1H3/p+1. The Balaban J connectivity index is 1.38. The minimum atomic E-state index is -0.344. The van der Waals surface area contributed by atoms with Gasteiger partial charge in [0.1, 0.15) is 12.3 Å². The van der Waals surface area contributed by atoms with Crippen molar-refractivity contribution in [2.45, 2.75) is 13.5 Å². The lowest BCUT2D eigenvalue weighted by atomic mass is 10.2. The minimum absolute atomic E-state index is 0.0184. The molecule has 1 saturated heterocycles. The number of aromatic nitrogens is 6. The summed E-state index contributed by atoms with van der Waals surface area (Å²) in [5.74, 6) is 1.11. The molecule has 2 N–H and O–H groups in total. The number of nitrogens with one attached hydrogen (secondary N) is 1. The second-order valence-electron chi connectivity index (χ2n) is 8.86. The fraction of sp³-hybridized carbons (Fsp3) is 0.269. The summed E-state index contributed by atoms with van der Waals surface area (Å²) in [4.78, 5) is 31.0. The summed E-state index contributed by atoms with van der Waals surface area (Å²) >= 11 is 0. The number of esters is 1. The average Bonchev–Trinajstić information content (AvgIpc) is 3.53. The van der Waals surface area contributed by atoms with Gasteiger partial charge in [-0.05, 0) is 43.3 Å². The van der Waals surface area contributed by atoms with Gasteiger partial charge in [-0.3, -0.25) is 4.79 Å². The van der Waals surface area contributed by atoms with E-state index < -0.39 is 0 Å². The summed E-state index contributed by atoms with van der Waals surface area (Å²) in [5.41, 5.74) is 3.18. The van der Waals surface area contributed by atoms with Crippen molar-refractivity contribution in [3.05, 3.63) is 61.1 Å². The largest absolute Gasteiger partial charge is 0.508 e. The lowest BCUT2D eigenvalue weighted by Gasteiger charge is -2.34. The number of phenolic OH excluding ortho intramolecular Hbond substituents is 1. The summed E-state index contributed by atoms with van der Waals surface area (Å²) in [6.07, 6.45) is 3.53. The molecule has 0 unspecified atom stereocenters. The highest BCUT2D eigenvalue weighted by atomic mass is 16.5. The van der Waals surface area contributed by atoms with Crippen molar-refractivity contribution < 1.29 is 19.3 Å². The fourth-order valence-corrected chi connectivity index (χ4v) is 4.73. The molecule has 11 heteroatoms. The molecule has 188 valence electrons. The first-order valence-electron chi connectivity index (χ1n) is 12.3. The number of H-pyrrole nitrogens is 1. The summed E-state index contributed by atoms with van der Waals surface area (Å²) < 4.78 is 8.80. The Morgan fingerprint density at radius 3 is 2.59 bits per heavy atom. The van der Waals surface area contributed by atoms with Crippen LogP contribution in [0.5, 0.6) is 5.75 Å². The van der Waals surface area contributed by atoms with Crippen molar-refractivity contribution in [2.24, 2.45) is 0 Å². The molecule has 5 aromatic rings. The topological polar surface area (TPSA) is 116 Å². The molecule has 11 nitrogen and oxygen atoms in total. The number of rotatable bonds is 6. The number of hydrogen-bond donors (Lipinski definition) is 2. The van der Waals surface area contributed by atoms with Crippen LogP contribution in [0.1, 0.15) is 6.92 Å². The Morgan fingerprint density at radius 2 is 1.81 bits per heavy atom. The summed E-state index contributed by atoms with van der Waals surface area (Å²) in [6.45, 7) is 5.15. The van der Waals surface area contributed by atoms with Gasteiger partial charge in [0.2, 0.25) is 0 Å². The predicted octanol–water partition coefficient (Wildman–Crippen LogP) is 2.18. The van der Waals surface area contributed by atoms with Gasteiger partial charge in [-0.1, -0.05) is 12.1 Å². The van der Waals surface area contributed by atoms with E-state index >= 15 is 0 Å². The number of para-hydroxylation sites is 1. The van der Waals surface area contributed by atoms with E-state index in [1.165, 1.54) is 0 Å². The summed E-state index contributed by atoms with van der Waals surface area (Å²) in [5, 5.41) is 13.9. The van der Waals surface area contributed by atoms with Gasteiger partial charge in [0.15, 0.2) is 16.7 Å². The van der Waals surface area contributed by atoms with E-state index in [0.29, 0.717) is 29.5 Å². The molecule has 0 bridgehead atoms. The predicted molar refractivity (Wildman–Crippen MR) is 138 cm³/mol. The maximum absolute atomic E-state index is 12.3. The van der Waals surface area contributed by atoms with Crippen molar-refractivity contribution >= 4 is 39.7 Å². The molecule has 2 aromatic carbocycles. The second kappa shape index (κ2) is 9.41. The molecule has 0 aliphatic carbocycles. The van der Waals surface area contributed by atoms with Gasteiger partial charge in [0.05, 0.1) is 19.1 Å². The van der Waals surface area contributed by atoms with Crippen molar-refractivity contribution in [1.29, 1.82) is 0 Å². The average molecular weight is 500 g/mol. The Morgan fingerprint density at radius 1 is 1.05 bits per heavy atom. The van der Waals surface area contributed by atoms with E-state index in [0.717, 1.165) is 42.8 Å². The quantitative estimate of drug-likeness (QED) is 0.270. The number of nitrogens with zero attached hydrogens (tertiary/aromatic N) is 7. The summed E-state index contributed by atoms with van der Waals surface area (Å²) in [7, 11) is 0. The Bertz CT molecular complexity index is 1570. The van der Waals surface area contributed by atoms with Crippen LogP contribution in [0.3, 0.4) is 0 Å². The lowest BCUT2D eigenvalue weighted by molar-refractivity contribution is -0.632. The van der Waals surface area contributed by atoms with Crippen LogP contribution < -0.4 is 14.5 Å². The smallest absolute Gasteiger partial charge is 0.379 e. The zero-order chi connectivity index (χ0) is 25.4. The second-order valence-corrected chi connectivity index (χ2v) is 8.86. The van der Waals surface area contributed by atoms with Gasteiger partial charge in [-0.2, -0.15) is 4.98 Å². The van der Waals surface area contributed by atoms with Crippen LogP contribution in [0, 0.1) is 0 Å². The molecule has 0 radical (unpaired) electrons. The number of carbonyl (C=O) groups is 1. The van der Waals surface area contributed by atoms with Gasteiger partial charge in [0, 0.05) is 42.2 Å². The molecule has 3 aromatic heterocycles. The Kier molecular flexibility index (Phi) is 5.79. The molecule has 0 amide bonds. The molecular formula is C26H27N8O3+. The number of ether oxygens (including phenoxy) is 1. The molecule has 4 heterocycles. The number of fused-ring (bicyclic) bond motifs is 2. The van der Waals surface area contributed by atoms with Crippen LogP contribution in [0.15, 0.2) is 61.1 Å². The van der Waals surface area contributed by atoms with Crippen molar-refractivity contribution in [3.8, 4) is 11.6 Å². The SMILES string of the molecule is CCOC(=O)Cn1cnc2nc(N3CCN(c4ccc(O)cc4)CC3)nc(-[n+]3[nH]cc4ccccc43)c21. The normalized spacial score (nSPS) is 14.0. The van der Waals surface area contributed by atoms with Crippen molar-refractivity contribution in [1.82, 2.24) is 24.6 Å². The molecule has 0 saturated carbocycles. The third-order valence-corrected chi connectivity index (χ3v) is 6.56. The van der Waals surface area contributed by atoms with Crippen LogP contribution in [-0.2, 0) is 16.1 Å². The van der Waals surface area contributed by atoms with Gasteiger partial charge < -0.3 is 24.2 Å². The van der Waals surface area contributed by atoms with Crippen molar-refractivity contribution in [2.75, 3.05) is 42.6 Å². The first kappa shape index (κ1) is 22.8. The number of carbonyl (C=O) groups excluding carboxylic acids is 1. The van der Waals surface area contributed by atoms with E-state index in [1.54, 1.807) is 30.0 Å². The number of hydrogen-bond acceptors (Lipinski definition) is 8. The monoisotopic (exact) mass is 499 g/mol. The summed E-state index contributed by atoms with van der Waals surface area (Å²) in [6, 6.07) is 15.3. The Labute approximate surface area is 212 Å².